The molecule has 2 rings (SSSR count). The van der Waals surface area contributed by atoms with E-state index in [1.165, 1.54) is 17.5 Å². The fourth-order valence-corrected chi connectivity index (χ4v) is 2.12. The van der Waals surface area contributed by atoms with Gasteiger partial charge in [-0.05, 0) is 6.42 Å². The van der Waals surface area contributed by atoms with Crippen molar-refractivity contribution in [1.29, 1.82) is 0 Å². The van der Waals surface area contributed by atoms with E-state index in [1.807, 2.05) is 12.3 Å². The minimum absolute atomic E-state index is 0.0720. The Hall–Kier alpha value is -2.09. The zero-order chi connectivity index (χ0) is 13.7. The number of aromatic nitrogens is 3. The van der Waals surface area contributed by atoms with Crippen LogP contribution in [0.15, 0.2) is 17.8 Å². The third-order valence-corrected chi connectivity index (χ3v) is 3.16. The summed E-state index contributed by atoms with van der Waals surface area (Å²) in [6.45, 7) is 2.75. The van der Waals surface area contributed by atoms with Crippen molar-refractivity contribution in [2.24, 2.45) is 0 Å². The van der Waals surface area contributed by atoms with Crippen molar-refractivity contribution in [3.05, 3.63) is 38.6 Å². The van der Waals surface area contributed by atoms with E-state index in [-0.39, 0.29) is 5.69 Å². The van der Waals surface area contributed by atoms with Crippen LogP contribution in [-0.4, -0.2) is 26.4 Å². The highest BCUT2D eigenvalue weighted by molar-refractivity contribution is 7.09. The van der Waals surface area contributed by atoms with Gasteiger partial charge in [-0.25, -0.2) is 15.0 Å². The van der Waals surface area contributed by atoms with Crippen molar-refractivity contribution < 1.29 is 4.92 Å². The highest BCUT2D eigenvalue weighted by atomic mass is 32.1. The van der Waals surface area contributed by atoms with E-state index in [4.69, 9.17) is 0 Å². The molecule has 0 unspecified atom stereocenters. The highest BCUT2D eigenvalue weighted by Gasteiger charge is 2.18. The van der Waals surface area contributed by atoms with Crippen LogP contribution in [0.1, 0.15) is 24.0 Å². The second-order valence-electron chi connectivity index (χ2n) is 3.81. The quantitative estimate of drug-likeness (QED) is 0.644. The second-order valence-corrected chi connectivity index (χ2v) is 4.79. The average Bonchev–Trinajstić information content (AvgIpc) is 2.89. The van der Waals surface area contributed by atoms with Gasteiger partial charge in [0.05, 0.1) is 9.93 Å². The molecule has 0 bridgehead atoms. The maximum absolute atomic E-state index is 11.0. The van der Waals surface area contributed by atoms with Crippen molar-refractivity contribution in [3.8, 4) is 0 Å². The van der Waals surface area contributed by atoms with Crippen LogP contribution in [-0.2, 0) is 6.42 Å². The molecule has 0 saturated heterocycles. The SMILES string of the molecule is CCCNc1ncc([N+](=O)[O-])c(Cc2nccs2)n1. The maximum Gasteiger partial charge on any atom is 0.309 e. The Labute approximate surface area is 113 Å². The molecule has 0 aliphatic carbocycles. The summed E-state index contributed by atoms with van der Waals surface area (Å²) in [6.07, 6.45) is 4.19. The average molecular weight is 279 g/mol. The van der Waals surface area contributed by atoms with Crippen LogP contribution in [0.25, 0.3) is 0 Å². The van der Waals surface area contributed by atoms with E-state index in [2.05, 4.69) is 20.3 Å². The minimum Gasteiger partial charge on any atom is -0.354 e. The fourth-order valence-electron chi connectivity index (χ4n) is 1.50. The fraction of sp³-hybridized carbons (Fsp3) is 0.364. The lowest BCUT2D eigenvalue weighted by molar-refractivity contribution is -0.386. The van der Waals surface area contributed by atoms with E-state index in [0.29, 0.717) is 18.1 Å². The van der Waals surface area contributed by atoms with Gasteiger partial charge in [0.15, 0.2) is 0 Å². The topological polar surface area (TPSA) is 93.8 Å². The van der Waals surface area contributed by atoms with Gasteiger partial charge in [-0.1, -0.05) is 6.92 Å². The Morgan fingerprint density at radius 2 is 2.32 bits per heavy atom. The van der Waals surface area contributed by atoms with Gasteiger partial charge in [0, 0.05) is 24.5 Å². The molecule has 8 heteroatoms. The molecular weight excluding hydrogens is 266 g/mol. The number of nitro groups is 1. The molecule has 0 spiro atoms. The van der Waals surface area contributed by atoms with Crippen LogP contribution in [0.3, 0.4) is 0 Å². The Kier molecular flexibility index (Phi) is 4.35. The zero-order valence-electron chi connectivity index (χ0n) is 10.4. The number of nitrogens with one attached hydrogen (secondary N) is 1. The number of hydrogen-bond acceptors (Lipinski definition) is 7. The summed E-state index contributed by atoms with van der Waals surface area (Å²) in [5.41, 5.74) is 0.311. The van der Waals surface area contributed by atoms with Crippen LogP contribution in [0, 0.1) is 10.1 Å². The molecule has 2 aromatic heterocycles. The van der Waals surface area contributed by atoms with E-state index < -0.39 is 4.92 Å². The third-order valence-electron chi connectivity index (χ3n) is 2.38. The Morgan fingerprint density at radius 1 is 1.47 bits per heavy atom. The van der Waals surface area contributed by atoms with Gasteiger partial charge < -0.3 is 5.32 Å². The molecule has 7 nitrogen and oxygen atoms in total. The molecule has 2 aromatic rings. The van der Waals surface area contributed by atoms with Crippen LogP contribution < -0.4 is 5.32 Å². The van der Waals surface area contributed by atoms with Gasteiger partial charge in [-0.2, -0.15) is 0 Å². The first-order valence-electron chi connectivity index (χ1n) is 5.83. The first-order chi connectivity index (χ1) is 9.20. The number of hydrogen-bond donors (Lipinski definition) is 1. The molecule has 19 heavy (non-hydrogen) atoms. The smallest absolute Gasteiger partial charge is 0.309 e. The van der Waals surface area contributed by atoms with Crippen LogP contribution in [0.2, 0.25) is 0 Å². The van der Waals surface area contributed by atoms with Crippen LogP contribution in [0.4, 0.5) is 11.6 Å². The van der Waals surface area contributed by atoms with E-state index in [9.17, 15) is 10.1 Å². The van der Waals surface area contributed by atoms with Gasteiger partial charge in [0.25, 0.3) is 0 Å². The molecule has 0 aromatic carbocycles. The normalized spacial score (nSPS) is 10.4. The lowest BCUT2D eigenvalue weighted by Gasteiger charge is -2.05. The molecule has 0 aliphatic rings. The Bertz CT molecular complexity index is 558. The molecule has 0 saturated carbocycles. The highest BCUT2D eigenvalue weighted by Crippen LogP contribution is 2.21. The van der Waals surface area contributed by atoms with Gasteiger partial charge in [-0.3, -0.25) is 10.1 Å². The molecule has 1 N–H and O–H groups in total. The summed E-state index contributed by atoms with van der Waals surface area (Å²) in [7, 11) is 0. The number of rotatable bonds is 6. The first kappa shape index (κ1) is 13.3. The molecule has 0 atom stereocenters. The molecule has 100 valence electrons. The second kappa shape index (κ2) is 6.19. The number of thiazole rings is 1. The lowest BCUT2D eigenvalue weighted by Crippen LogP contribution is -2.08. The van der Waals surface area contributed by atoms with Crippen LogP contribution in [0.5, 0.6) is 0 Å². The van der Waals surface area contributed by atoms with E-state index >= 15 is 0 Å². The summed E-state index contributed by atoms with van der Waals surface area (Å²) < 4.78 is 0. The standard InChI is InChI=1S/C11H13N5O2S/c1-2-3-13-11-14-7-9(16(17)18)8(15-11)6-10-12-4-5-19-10/h4-5,7H,2-3,6H2,1H3,(H,13,14,15). The van der Waals surface area contributed by atoms with Crippen LogP contribution >= 0.6 is 11.3 Å². The minimum atomic E-state index is -0.466. The monoisotopic (exact) mass is 279 g/mol. The zero-order valence-corrected chi connectivity index (χ0v) is 11.2. The van der Waals surface area contributed by atoms with Gasteiger partial charge in [0.2, 0.25) is 5.95 Å². The van der Waals surface area contributed by atoms with Crippen molar-refractivity contribution >= 4 is 23.0 Å². The maximum atomic E-state index is 11.0. The predicted molar refractivity (Wildman–Crippen MR) is 72.4 cm³/mol. The summed E-state index contributed by atoms with van der Waals surface area (Å²) >= 11 is 1.45. The van der Waals surface area contributed by atoms with E-state index in [0.717, 1.165) is 18.0 Å². The summed E-state index contributed by atoms with van der Waals surface area (Å²) in [4.78, 5) is 22.8. The number of nitrogens with zero attached hydrogens (tertiary/aromatic N) is 4. The summed E-state index contributed by atoms with van der Waals surface area (Å²) in [5.74, 6) is 0.416. The van der Waals surface area contributed by atoms with E-state index in [1.54, 1.807) is 6.20 Å². The Morgan fingerprint density at radius 3 is 2.95 bits per heavy atom. The van der Waals surface area contributed by atoms with Crippen molar-refractivity contribution in [2.45, 2.75) is 19.8 Å². The molecular formula is C11H13N5O2S. The predicted octanol–water partition coefficient (Wildman–Crippen LogP) is 2.25. The van der Waals surface area contributed by atoms with Crippen molar-refractivity contribution in [2.75, 3.05) is 11.9 Å². The molecule has 0 aliphatic heterocycles. The van der Waals surface area contributed by atoms with Gasteiger partial charge >= 0.3 is 5.69 Å². The lowest BCUT2D eigenvalue weighted by atomic mass is 10.2. The number of anilines is 1. The Balaban J connectivity index is 2.27. The largest absolute Gasteiger partial charge is 0.354 e. The van der Waals surface area contributed by atoms with Crippen molar-refractivity contribution in [1.82, 2.24) is 15.0 Å². The molecule has 0 amide bonds. The first-order valence-corrected chi connectivity index (χ1v) is 6.71. The summed E-state index contributed by atoms with van der Waals surface area (Å²) in [5, 5.41) is 16.6. The summed E-state index contributed by atoms with van der Waals surface area (Å²) in [6, 6.07) is 0. The third kappa shape index (κ3) is 3.44. The molecule has 2 heterocycles. The van der Waals surface area contributed by atoms with Gasteiger partial charge in [0.1, 0.15) is 11.9 Å². The van der Waals surface area contributed by atoms with Crippen molar-refractivity contribution in [3.63, 3.8) is 0 Å². The van der Waals surface area contributed by atoms with Gasteiger partial charge in [-0.15, -0.1) is 11.3 Å². The molecule has 0 radical (unpaired) electrons. The molecule has 0 fully saturated rings.